The molecule has 0 atom stereocenters. The summed E-state index contributed by atoms with van der Waals surface area (Å²) in [6.07, 6.45) is 1.61. The Balaban J connectivity index is 1.89. The summed E-state index contributed by atoms with van der Waals surface area (Å²) in [7, 11) is 0. The van der Waals surface area contributed by atoms with Crippen LogP contribution < -0.4 is 4.74 Å². The van der Waals surface area contributed by atoms with Crippen LogP contribution in [0.2, 0.25) is 5.02 Å². The minimum Gasteiger partial charge on any atom is -0.493 e. The molecule has 3 rings (SSSR count). The molecule has 0 N–H and O–H groups in total. The van der Waals surface area contributed by atoms with E-state index in [0.717, 1.165) is 16.7 Å². The van der Waals surface area contributed by atoms with Crippen LogP contribution in [-0.2, 0) is 11.3 Å². The molecule has 0 bridgehead atoms. The highest BCUT2D eigenvalue weighted by molar-refractivity contribution is 8.18. The van der Waals surface area contributed by atoms with Crippen LogP contribution in [-0.4, -0.2) is 22.7 Å². The predicted octanol–water partition coefficient (Wildman–Crippen LogP) is 4.85. The average Bonchev–Trinajstić information content (AvgIpc) is 2.92. The molecule has 1 saturated heterocycles. The number of amides is 2. The smallest absolute Gasteiger partial charge is 0.293 e. The van der Waals surface area contributed by atoms with Crippen LogP contribution in [0.4, 0.5) is 4.79 Å². The second-order valence-electron chi connectivity index (χ2n) is 5.65. The Morgan fingerprint density at radius 1 is 1.26 bits per heavy atom. The van der Waals surface area contributed by atoms with E-state index in [1.807, 2.05) is 6.92 Å². The summed E-state index contributed by atoms with van der Waals surface area (Å²) < 4.78 is 5.56. The van der Waals surface area contributed by atoms with Gasteiger partial charge in [-0.1, -0.05) is 29.8 Å². The van der Waals surface area contributed by atoms with Gasteiger partial charge in [0.05, 0.1) is 29.7 Å². The predicted molar refractivity (Wildman–Crippen MR) is 105 cm³/mol. The maximum Gasteiger partial charge on any atom is 0.293 e. The van der Waals surface area contributed by atoms with Gasteiger partial charge in [-0.3, -0.25) is 14.5 Å². The first-order valence-corrected chi connectivity index (χ1v) is 9.38. The minimum absolute atomic E-state index is 0.0552. The fourth-order valence-electron chi connectivity index (χ4n) is 2.63. The highest BCUT2D eigenvalue weighted by Gasteiger charge is 2.35. The quantitative estimate of drug-likeness (QED) is 0.673. The third-order valence-corrected chi connectivity index (χ3v) is 5.04. The van der Waals surface area contributed by atoms with Crippen molar-refractivity contribution in [1.29, 1.82) is 5.26 Å². The van der Waals surface area contributed by atoms with Crippen LogP contribution in [0.1, 0.15) is 23.6 Å². The van der Waals surface area contributed by atoms with Gasteiger partial charge in [-0.2, -0.15) is 5.26 Å². The molecule has 0 saturated carbocycles. The molecule has 1 fully saturated rings. The van der Waals surface area contributed by atoms with Crippen LogP contribution in [0.5, 0.6) is 5.75 Å². The summed E-state index contributed by atoms with van der Waals surface area (Å²) in [4.78, 5) is 26.5. The fraction of sp³-hybridized carbons (Fsp3) is 0.150. The molecule has 1 aliphatic rings. The summed E-state index contributed by atoms with van der Waals surface area (Å²) >= 11 is 6.91. The summed E-state index contributed by atoms with van der Waals surface area (Å²) in [6.45, 7) is 2.38. The molecule has 0 spiro atoms. The third-order valence-electron chi connectivity index (χ3n) is 3.90. The van der Waals surface area contributed by atoms with E-state index in [0.29, 0.717) is 34.1 Å². The summed E-state index contributed by atoms with van der Waals surface area (Å²) in [5.41, 5.74) is 1.70. The Hall–Kier alpha value is -2.75. The number of thioether (sulfide) groups is 1. The van der Waals surface area contributed by atoms with E-state index in [4.69, 9.17) is 16.3 Å². The van der Waals surface area contributed by atoms with Crippen LogP contribution in [0.3, 0.4) is 0 Å². The molecule has 1 heterocycles. The van der Waals surface area contributed by atoms with E-state index in [-0.39, 0.29) is 16.7 Å². The van der Waals surface area contributed by atoms with Crippen molar-refractivity contribution in [3.63, 3.8) is 0 Å². The van der Waals surface area contributed by atoms with Gasteiger partial charge in [-0.05, 0) is 54.6 Å². The molecule has 0 radical (unpaired) electrons. The zero-order valence-corrected chi connectivity index (χ0v) is 16.0. The van der Waals surface area contributed by atoms with Gasteiger partial charge in [0.1, 0.15) is 5.75 Å². The lowest BCUT2D eigenvalue weighted by molar-refractivity contribution is -0.123. The number of carbonyl (C=O) groups is 2. The van der Waals surface area contributed by atoms with Gasteiger partial charge in [0.2, 0.25) is 0 Å². The molecule has 0 aliphatic carbocycles. The van der Waals surface area contributed by atoms with Crippen molar-refractivity contribution >= 4 is 40.6 Å². The number of nitriles is 1. The van der Waals surface area contributed by atoms with Gasteiger partial charge >= 0.3 is 0 Å². The zero-order chi connectivity index (χ0) is 19.4. The Morgan fingerprint density at radius 2 is 2.04 bits per heavy atom. The molecule has 136 valence electrons. The topological polar surface area (TPSA) is 70.4 Å². The van der Waals surface area contributed by atoms with E-state index in [2.05, 4.69) is 6.07 Å². The number of halogens is 1. The second kappa shape index (κ2) is 8.30. The van der Waals surface area contributed by atoms with E-state index in [1.54, 1.807) is 48.5 Å². The van der Waals surface area contributed by atoms with E-state index >= 15 is 0 Å². The lowest BCUT2D eigenvalue weighted by atomic mass is 10.1. The Kier molecular flexibility index (Phi) is 5.84. The van der Waals surface area contributed by atoms with Gasteiger partial charge < -0.3 is 4.74 Å². The van der Waals surface area contributed by atoms with Crippen molar-refractivity contribution in [2.24, 2.45) is 0 Å². The number of benzene rings is 2. The van der Waals surface area contributed by atoms with Crippen molar-refractivity contribution in [2.45, 2.75) is 13.5 Å². The number of nitrogens with zero attached hydrogens (tertiary/aromatic N) is 2. The zero-order valence-electron chi connectivity index (χ0n) is 14.4. The largest absolute Gasteiger partial charge is 0.493 e. The molecule has 0 unspecified atom stereocenters. The normalized spacial score (nSPS) is 15.3. The van der Waals surface area contributed by atoms with Crippen LogP contribution in [0.25, 0.3) is 6.08 Å². The van der Waals surface area contributed by atoms with Gasteiger partial charge in [0.25, 0.3) is 11.1 Å². The first kappa shape index (κ1) is 19.0. The maximum atomic E-state index is 12.7. The summed E-state index contributed by atoms with van der Waals surface area (Å²) in [5.74, 6) is 0.184. The van der Waals surface area contributed by atoms with Crippen LogP contribution in [0.15, 0.2) is 47.4 Å². The number of hydrogen-bond donors (Lipinski definition) is 0. The molecule has 27 heavy (non-hydrogen) atoms. The minimum atomic E-state index is -0.403. The van der Waals surface area contributed by atoms with Crippen molar-refractivity contribution in [1.82, 2.24) is 4.90 Å². The molecular formula is C20H15ClN2O3S. The van der Waals surface area contributed by atoms with Gasteiger partial charge in [0.15, 0.2) is 0 Å². The molecule has 2 aromatic rings. The standard InChI is InChI=1S/C20H15ClN2O3S/c1-2-26-17-8-7-16(21)9-15(17)10-18-19(24)23(20(25)27-18)12-14-6-4-3-5-13(14)11-22/h3-10H,2,12H2,1H3/b18-10+. The van der Waals surface area contributed by atoms with Gasteiger partial charge in [-0.15, -0.1) is 0 Å². The van der Waals surface area contributed by atoms with E-state index in [1.165, 1.54) is 0 Å². The average molecular weight is 399 g/mol. The third kappa shape index (κ3) is 4.16. The molecule has 2 aromatic carbocycles. The highest BCUT2D eigenvalue weighted by Crippen LogP contribution is 2.35. The number of carbonyl (C=O) groups excluding carboxylic acids is 2. The number of ether oxygens (including phenoxy) is 1. The molecule has 5 nitrogen and oxygen atoms in total. The summed E-state index contributed by atoms with van der Waals surface area (Å²) in [5, 5.41) is 9.33. The van der Waals surface area contributed by atoms with Crippen molar-refractivity contribution in [3.05, 3.63) is 69.1 Å². The molecule has 7 heteroatoms. The first-order valence-electron chi connectivity index (χ1n) is 8.19. The monoisotopic (exact) mass is 398 g/mol. The van der Waals surface area contributed by atoms with Crippen LogP contribution >= 0.6 is 23.4 Å². The second-order valence-corrected chi connectivity index (χ2v) is 7.08. The van der Waals surface area contributed by atoms with Gasteiger partial charge in [-0.25, -0.2) is 0 Å². The number of hydrogen-bond acceptors (Lipinski definition) is 5. The summed E-state index contributed by atoms with van der Waals surface area (Å²) in [6, 6.07) is 14.1. The van der Waals surface area contributed by atoms with Gasteiger partial charge in [0, 0.05) is 10.6 Å². The Bertz CT molecular complexity index is 981. The van der Waals surface area contributed by atoms with Crippen molar-refractivity contribution < 1.29 is 14.3 Å². The fourth-order valence-corrected chi connectivity index (χ4v) is 3.64. The SMILES string of the molecule is CCOc1ccc(Cl)cc1/C=C1/SC(=O)N(Cc2ccccc2C#N)C1=O. The Labute approximate surface area is 166 Å². The lowest BCUT2D eigenvalue weighted by Gasteiger charge is -2.13. The lowest BCUT2D eigenvalue weighted by Crippen LogP contribution is -2.27. The maximum absolute atomic E-state index is 12.7. The van der Waals surface area contributed by atoms with E-state index < -0.39 is 5.91 Å². The number of imide groups is 1. The molecule has 2 amide bonds. The van der Waals surface area contributed by atoms with Crippen molar-refractivity contribution in [3.8, 4) is 11.8 Å². The van der Waals surface area contributed by atoms with Crippen molar-refractivity contribution in [2.75, 3.05) is 6.61 Å². The first-order chi connectivity index (χ1) is 13.0. The molecular weight excluding hydrogens is 384 g/mol. The Morgan fingerprint density at radius 3 is 2.78 bits per heavy atom. The number of rotatable bonds is 5. The van der Waals surface area contributed by atoms with E-state index in [9.17, 15) is 14.9 Å². The molecule has 0 aromatic heterocycles. The molecule has 1 aliphatic heterocycles. The highest BCUT2D eigenvalue weighted by atomic mass is 35.5. The van der Waals surface area contributed by atoms with Crippen LogP contribution in [0, 0.1) is 11.3 Å².